The Labute approximate surface area is 188 Å². The second-order valence-corrected chi connectivity index (χ2v) is 10.4. The second-order valence-electron chi connectivity index (χ2n) is 5.98. The average Bonchev–Trinajstić information content (AvgIpc) is 3.26. The predicted molar refractivity (Wildman–Crippen MR) is 121 cm³/mol. The molecule has 0 aliphatic carbocycles. The third-order valence-corrected chi connectivity index (χ3v) is 8.38. The fourth-order valence-electron chi connectivity index (χ4n) is 2.63. The summed E-state index contributed by atoms with van der Waals surface area (Å²) in [5, 5.41) is 18.2. The van der Waals surface area contributed by atoms with Gasteiger partial charge in [0.15, 0.2) is 5.82 Å². The summed E-state index contributed by atoms with van der Waals surface area (Å²) >= 11 is 10.6. The fourth-order valence-corrected chi connectivity index (χ4v) is 6.68. The highest BCUT2D eigenvalue weighted by molar-refractivity contribution is 9.11. The Kier molecular flexibility index (Phi) is 6.45. The molecular formula is C19H15Br2N3O2S2. The van der Waals surface area contributed by atoms with Crippen LogP contribution in [0, 0.1) is 0 Å². The van der Waals surface area contributed by atoms with Crippen molar-refractivity contribution in [1.82, 2.24) is 15.2 Å². The molecule has 2 aromatic carbocycles. The zero-order chi connectivity index (χ0) is 19.5. The summed E-state index contributed by atoms with van der Waals surface area (Å²) in [7, 11) is 0. The zero-order valence-corrected chi connectivity index (χ0v) is 19.3. The number of benzene rings is 2. The van der Waals surface area contributed by atoms with Gasteiger partial charge in [-0.25, -0.2) is 4.98 Å². The number of aromatic nitrogens is 3. The molecule has 144 valence electrons. The maximum Gasteiger partial charge on any atom is 0.188 e. The van der Waals surface area contributed by atoms with E-state index in [0.717, 1.165) is 11.3 Å². The van der Waals surface area contributed by atoms with E-state index in [1.54, 1.807) is 18.3 Å². The Morgan fingerprint density at radius 3 is 2.32 bits per heavy atom. The monoisotopic (exact) mass is 539 g/mol. The fraction of sp³-hybridized carbons (Fsp3) is 0.211. The number of halogens is 2. The molecule has 9 heteroatoms. The zero-order valence-electron chi connectivity index (χ0n) is 14.5. The Morgan fingerprint density at radius 2 is 1.71 bits per heavy atom. The summed E-state index contributed by atoms with van der Waals surface area (Å²) < 4.78 is 7.46. The van der Waals surface area contributed by atoms with Crippen molar-refractivity contribution in [3.63, 3.8) is 0 Å². The maximum absolute atomic E-state index is 9.81. The number of rotatable bonds is 5. The van der Waals surface area contributed by atoms with Crippen LogP contribution in [0.25, 0.3) is 11.3 Å². The SMILES string of the molecule is Oc1c(Br)cc(-c2cnc(COc3ccc(C4SCCS4)cc3)nn2)cc1Br. The van der Waals surface area contributed by atoms with Crippen molar-refractivity contribution in [1.29, 1.82) is 0 Å². The van der Waals surface area contributed by atoms with Gasteiger partial charge in [0.2, 0.25) is 0 Å². The molecule has 1 saturated heterocycles. The van der Waals surface area contributed by atoms with Gasteiger partial charge in [0.25, 0.3) is 0 Å². The van der Waals surface area contributed by atoms with Crippen molar-refractivity contribution >= 4 is 55.4 Å². The van der Waals surface area contributed by atoms with E-state index in [1.165, 1.54) is 17.1 Å². The number of ether oxygens (including phenoxy) is 1. The molecule has 2 heterocycles. The third kappa shape index (κ3) is 4.64. The summed E-state index contributed by atoms with van der Waals surface area (Å²) in [4.78, 5) is 4.33. The average molecular weight is 541 g/mol. The van der Waals surface area contributed by atoms with Crippen LogP contribution < -0.4 is 4.74 Å². The normalized spacial score (nSPS) is 14.4. The number of hydrogen-bond donors (Lipinski definition) is 1. The number of aromatic hydroxyl groups is 1. The van der Waals surface area contributed by atoms with Crippen LogP contribution >= 0.6 is 55.4 Å². The van der Waals surface area contributed by atoms with Crippen molar-refractivity contribution in [3.8, 4) is 22.8 Å². The number of thioether (sulfide) groups is 2. The van der Waals surface area contributed by atoms with Gasteiger partial charge in [-0.05, 0) is 61.7 Å². The molecule has 3 aromatic rings. The molecule has 1 aliphatic heterocycles. The lowest BCUT2D eigenvalue weighted by Crippen LogP contribution is -2.03. The molecular weight excluding hydrogens is 526 g/mol. The topological polar surface area (TPSA) is 68.1 Å². The van der Waals surface area contributed by atoms with E-state index in [2.05, 4.69) is 59.2 Å². The van der Waals surface area contributed by atoms with Crippen LogP contribution in [0.4, 0.5) is 0 Å². The van der Waals surface area contributed by atoms with E-state index in [1.807, 2.05) is 35.7 Å². The molecule has 1 aromatic heterocycles. The van der Waals surface area contributed by atoms with E-state index >= 15 is 0 Å². The minimum Gasteiger partial charge on any atom is -0.506 e. The lowest BCUT2D eigenvalue weighted by atomic mass is 10.1. The number of nitrogens with zero attached hydrogens (tertiary/aromatic N) is 3. The van der Waals surface area contributed by atoms with Gasteiger partial charge >= 0.3 is 0 Å². The molecule has 28 heavy (non-hydrogen) atoms. The number of phenolic OH excluding ortho intramolecular Hbond substituents is 1. The van der Waals surface area contributed by atoms with E-state index < -0.39 is 0 Å². The lowest BCUT2D eigenvalue weighted by Gasteiger charge is -2.10. The molecule has 0 amide bonds. The van der Waals surface area contributed by atoms with Gasteiger partial charge in [0.05, 0.1) is 19.7 Å². The van der Waals surface area contributed by atoms with Crippen LogP contribution in [-0.2, 0) is 6.61 Å². The molecule has 0 atom stereocenters. The predicted octanol–water partition coefficient (Wildman–Crippen LogP) is 5.83. The summed E-state index contributed by atoms with van der Waals surface area (Å²) in [6.45, 7) is 0.253. The second kappa shape index (κ2) is 9.02. The summed E-state index contributed by atoms with van der Waals surface area (Å²) in [6.07, 6.45) is 1.65. The highest BCUT2D eigenvalue weighted by Gasteiger charge is 2.18. The van der Waals surface area contributed by atoms with E-state index in [-0.39, 0.29) is 12.4 Å². The summed E-state index contributed by atoms with van der Waals surface area (Å²) in [6, 6.07) is 11.8. The molecule has 4 rings (SSSR count). The van der Waals surface area contributed by atoms with Gasteiger partial charge in [-0.15, -0.1) is 33.7 Å². The first kappa shape index (κ1) is 20.0. The maximum atomic E-state index is 9.81. The van der Waals surface area contributed by atoms with Gasteiger partial charge in [-0.1, -0.05) is 12.1 Å². The number of phenols is 1. The minimum absolute atomic E-state index is 0.144. The first-order valence-corrected chi connectivity index (χ1v) is 12.1. The van der Waals surface area contributed by atoms with Crippen LogP contribution in [0.1, 0.15) is 16.0 Å². The van der Waals surface area contributed by atoms with Crippen molar-refractivity contribution in [2.45, 2.75) is 11.2 Å². The highest BCUT2D eigenvalue weighted by Crippen LogP contribution is 2.45. The minimum atomic E-state index is 0.144. The molecule has 0 unspecified atom stereocenters. The van der Waals surface area contributed by atoms with Crippen LogP contribution in [0.15, 0.2) is 51.5 Å². The van der Waals surface area contributed by atoms with Crippen LogP contribution in [0.2, 0.25) is 0 Å². The van der Waals surface area contributed by atoms with Gasteiger partial charge in [-0.2, -0.15) is 0 Å². The van der Waals surface area contributed by atoms with Gasteiger partial charge in [0, 0.05) is 17.1 Å². The molecule has 1 fully saturated rings. The Balaban J connectivity index is 1.39. The van der Waals surface area contributed by atoms with Crippen molar-refractivity contribution < 1.29 is 9.84 Å². The standard InChI is InChI=1S/C19H15Br2N3O2S2/c20-14-7-12(8-15(21)18(14)25)16-9-22-17(24-23-16)10-26-13-3-1-11(2-4-13)19-27-5-6-28-19/h1-4,7-9,19,25H,5-6,10H2. The molecule has 0 spiro atoms. The van der Waals surface area contributed by atoms with Gasteiger partial charge < -0.3 is 9.84 Å². The summed E-state index contributed by atoms with van der Waals surface area (Å²) in [5.74, 6) is 3.87. The Hall–Kier alpha value is -1.29. The molecule has 5 nitrogen and oxygen atoms in total. The van der Waals surface area contributed by atoms with Crippen LogP contribution in [0.5, 0.6) is 11.5 Å². The highest BCUT2D eigenvalue weighted by atomic mass is 79.9. The van der Waals surface area contributed by atoms with E-state index in [9.17, 15) is 5.11 Å². The quantitative estimate of drug-likeness (QED) is 0.436. The van der Waals surface area contributed by atoms with Crippen LogP contribution in [0.3, 0.4) is 0 Å². The smallest absolute Gasteiger partial charge is 0.188 e. The van der Waals surface area contributed by atoms with Gasteiger partial charge in [-0.3, -0.25) is 0 Å². The van der Waals surface area contributed by atoms with Gasteiger partial charge in [0.1, 0.15) is 23.8 Å². The Morgan fingerprint density at radius 1 is 1.04 bits per heavy atom. The molecule has 0 bridgehead atoms. The molecule has 0 saturated carbocycles. The third-order valence-electron chi connectivity index (χ3n) is 4.06. The first-order chi connectivity index (χ1) is 13.6. The van der Waals surface area contributed by atoms with Crippen molar-refractivity contribution in [2.24, 2.45) is 0 Å². The molecule has 1 aliphatic rings. The largest absolute Gasteiger partial charge is 0.506 e. The van der Waals surface area contributed by atoms with E-state index in [0.29, 0.717) is 25.0 Å². The van der Waals surface area contributed by atoms with Crippen molar-refractivity contribution in [2.75, 3.05) is 11.5 Å². The van der Waals surface area contributed by atoms with E-state index in [4.69, 9.17) is 4.74 Å². The first-order valence-electron chi connectivity index (χ1n) is 8.43. The van der Waals surface area contributed by atoms with Crippen molar-refractivity contribution in [3.05, 3.63) is 62.9 Å². The lowest BCUT2D eigenvalue weighted by molar-refractivity contribution is 0.294. The summed E-state index contributed by atoms with van der Waals surface area (Å²) in [5.41, 5.74) is 2.73. The Bertz CT molecular complexity index is 943. The molecule has 1 N–H and O–H groups in total. The molecule has 0 radical (unpaired) electrons. The number of hydrogen-bond acceptors (Lipinski definition) is 7. The van der Waals surface area contributed by atoms with Crippen LogP contribution in [-0.4, -0.2) is 31.8 Å².